The third-order valence-corrected chi connectivity index (χ3v) is 5.51. The van der Waals surface area contributed by atoms with Crippen LogP contribution in [0.4, 0.5) is 0 Å². The standard InChI is InChI=1S/C23H27BrN2O6/c1-25(2)23(28)15-6-5-7-17(10-15)32-18-8-9-26(13-18)21(27)14-31-22-19(29-3)11-16(24)12-20(22)30-4/h5-7,10-12,18H,8-9,13-14H2,1-4H3. The summed E-state index contributed by atoms with van der Waals surface area (Å²) >= 11 is 3.39. The van der Waals surface area contributed by atoms with Crippen LogP contribution in [-0.2, 0) is 4.79 Å². The zero-order valence-corrected chi connectivity index (χ0v) is 20.2. The van der Waals surface area contributed by atoms with Crippen LogP contribution in [0.3, 0.4) is 0 Å². The van der Waals surface area contributed by atoms with E-state index in [0.29, 0.717) is 48.1 Å². The highest BCUT2D eigenvalue weighted by Gasteiger charge is 2.28. The molecule has 0 bridgehead atoms. The highest BCUT2D eigenvalue weighted by Crippen LogP contribution is 2.40. The summed E-state index contributed by atoms with van der Waals surface area (Å²) in [5, 5.41) is 0. The Bertz CT molecular complexity index is 956. The maximum Gasteiger partial charge on any atom is 0.260 e. The van der Waals surface area contributed by atoms with Gasteiger partial charge < -0.3 is 28.7 Å². The van der Waals surface area contributed by atoms with Gasteiger partial charge in [0.05, 0.1) is 20.8 Å². The van der Waals surface area contributed by atoms with Crippen LogP contribution in [0.1, 0.15) is 16.8 Å². The Balaban J connectivity index is 1.58. The molecule has 8 nitrogen and oxygen atoms in total. The zero-order chi connectivity index (χ0) is 23.3. The van der Waals surface area contributed by atoms with E-state index < -0.39 is 0 Å². The van der Waals surface area contributed by atoms with Gasteiger partial charge in [-0.25, -0.2) is 0 Å². The van der Waals surface area contributed by atoms with Crippen LogP contribution in [0.5, 0.6) is 23.0 Å². The number of halogens is 1. The van der Waals surface area contributed by atoms with E-state index in [9.17, 15) is 9.59 Å². The van der Waals surface area contributed by atoms with Crippen molar-refractivity contribution < 1.29 is 28.5 Å². The van der Waals surface area contributed by atoms with Crippen molar-refractivity contribution in [3.8, 4) is 23.0 Å². The molecule has 1 heterocycles. The van der Waals surface area contributed by atoms with E-state index in [1.807, 2.05) is 6.07 Å². The molecule has 32 heavy (non-hydrogen) atoms. The summed E-state index contributed by atoms with van der Waals surface area (Å²) in [7, 11) is 6.47. The topological polar surface area (TPSA) is 77.5 Å². The summed E-state index contributed by atoms with van der Waals surface area (Å²) in [6.45, 7) is 0.869. The molecule has 1 saturated heterocycles. The number of hydrogen-bond acceptors (Lipinski definition) is 6. The number of benzene rings is 2. The van der Waals surface area contributed by atoms with Crippen LogP contribution in [0, 0.1) is 0 Å². The van der Waals surface area contributed by atoms with E-state index in [-0.39, 0.29) is 24.5 Å². The van der Waals surface area contributed by atoms with Crippen molar-refractivity contribution in [3.05, 3.63) is 46.4 Å². The first-order chi connectivity index (χ1) is 15.3. The molecule has 172 valence electrons. The second-order valence-electron chi connectivity index (χ2n) is 7.52. The zero-order valence-electron chi connectivity index (χ0n) is 18.6. The lowest BCUT2D eigenvalue weighted by Crippen LogP contribution is -2.34. The van der Waals surface area contributed by atoms with Gasteiger partial charge in [0.2, 0.25) is 5.75 Å². The molecule has 0 saturated carbocycles. The number of rotatable bonds is 8. The molecule has 1 fully saturated rings. The van der Waals surface area contributed by atoms with Gasteiger partial charge >= 0.3 is 0 Å². The van der Waals surface area contributed by atoms with E-state index in [1.54, 1.807) is 49.3 Å². The smallest absolute Gasteiger partial charge is 0.260 e. The largest absolute Gasteiger partial charge is 0.493 e. The first-order valence-corrected chi connectivity index (χ1v) is 10.9. The Hall–Kier alpha value is -2.94. The van der Waals surface area contributed by atoms with E-state index in [0.717, 1.165) is 4.47 Å². The fourth-order valence-electron chi connectivity index (χ4n) is 3.42. The highest BCUT2D eigenvalue weighted by molar-refractivity contribution is 9.10. The van der Waals surface area contributed by atoms with Crippen LogP contribution in [0.15, 0.2) is 40.9 Å². The summed E-state index contributed by atoms with van der Waals surface area (Å²) in [4.78, 5) is 28.1. The number of nitrogens with zero attached hydrogens (tertiary/aromatic N) is 2. The number of methoxy groups -OCH3 is 2. The predicted octanol–water partition coefficient (Wildman–Crippen LogP) is 3.23. The molecule has 1 unspecified atom stereocenters. The van der Waals surface area contributed by atoms with Gasteiger partial charge in [0.1, 0.15) is 11.9 Å². The second kappa shape index (κ2) is 10.6. The molecule has 9 heteroatoms. The fraction of sp³-hybridized carbons (Fsp3) is 0.391. The average molecular weight is 507 g/mol. The van der Waals surface area contributed by atoms with Crippen molar-refractivity contribution >= 4 is 27.7 Å². The number of hydrogen-bond donors (Lipinski definition) is 0. The van der Waals surface area contributed by atoms with E-state index in [1.165, 1.54) is 19.1 Å². The third kappa shape index (κ3) is 5.64. The van der Waals surface area contributed by atoms with Crippen LogP contribution < -0.4 is 18.9 Å². The number of likely N-dealkylation sites (tertiary alicyclic amines) is 1. The van der Waals surface area contributed by atoms with Crippen LogP contribution in [-0.4, -0.2) is 75.7 Å². The lowest BCUT2D eigenvalue weighted by molar-refractivity contribution is -0.132. The lowest BCUT2D eigenvalue weighted by atomic mass is 10.2. The maximum absolute atomic E-state index is 12.7. The fourth-order valence-corrected chi connectivity index (χ4v) is 3.84. The molecule has 2 amide bonds. The van der Waals surface area contributed by atoms with E-state index >= 15 is 0 Å². The highest BCUT2D eigenvalue weighted by atomic mass is 79.9. The minimum atomic E-state index is -0.153. The van der Waals surface area contributed by atoms with Gasteiger partial charge in [-0.1, -0.05) is 22.0 Å². The second-order valence-corrected chi connectivity index (χ2v) is 8.44. The quantitative estimate of drug-likeness (QED) is 0.546. The number of ether oxygens (including phenoxy) is 4. The van der Waals surface area contributed by atoms with Gasteiger partial charge in [0, 0.05) is 37.1 Å². The van der Waals surface area contributed by atoms with Gasteiger partial charge in [-0.05, 0) is 30.3 Å². The van der Waals surface area contributed by atoms with Crippen molar-refractivity contribution in [2.24, 2.45) is 0 Å². The van der Waals surface area contributed by atoms with Gasteiger partial charge in [-0.15, -0.1) is 0 Å². The minimum Gasteiger partial charge on any atom is -0.493 e. The molecular formula is C23H27BrN2O6. The van der Waals surface area contributed by atoms with Crippen molar-refractivity contribution in [2.45, 2.75) is 12.5 Å². The number of carbonyl (C=O) groups is 2. The summed E-state index contributed by atoms with van der Waals surface area (Å²) in [6.07, 6.45) is 0.545. The maximum atomic E-state index is 12.7. The molecule has 1 aliphatic heterocycles. The van der Waals surface area contributed by atoms with Crippen LogP contribution >= 0.6 is 15.9 Å². The van der Waals surface area contributed by atoms with Crippen molar-refractivity contribution in [2.75, 3.05) is 48.0 Å². The molecule has 0 aromatic heterocycles. The molecule has 0 N–H and O–H groups in total. The van der Waals surface area contributed by atoms with Crippen LogP contribution in [0.25, 0.3) is 0 Å². The van der Waals surface area contributed by atoms with Crippen molar-refractivity contribution in [1.29, 1.82) is 0 Å². The van der Waals surface area contributed by atoms with Crippen LogP contribution in [0.2, 0.25) is 0 Å². The number of amides is 2. The molecule has 0 aliphatic carbocycles. The van der Waals surface area contributed by atoms with Gasteiger partial charge in [0.25, 0.3) is 11.8 Å². The molecular weight excluding hydrogens is 480 g/mol. The summed E-state index contributed by atoms with van der Waals surface area (Å²) in [6, 6.07) is 10.6. The summed E-state index contributed by atoms with van der Waals surface area (Å²) in [5.41, 5.74) is 0.559. The Kier molecular flexibility index (Phi) is 7.84. The molecule has 1 atom stereocenters. The van der Waals surface area contributed by atoms with Gasteiger partial charge in [0.15, 0.2) is 18.1 Å². The molecule has 0 radical (unpaired) electrons. The average Bonchev–Trinajstić information content (AvgIpc) is 3.25. The Morgan fingerprint density at radius 2 is 1.81 bits per heavy atom. The van der Waals surface area contributed by atoms with Crippen molar-refractivity contribution in [3.63, 3.8) is 0 Å². The Morgan fingerprint density at radius 1 is 1.12 bits per heavy atom. The third-order valence-electron chi connectivity index (χ3n) is 5.05. The Morgan fingerprint density at radius 3 is 2.44 bits per heavy atom. The minimum absolute atomic E-state index is 0.0883. The van der Waals surface area contributed by atoms with Crippen molar-refractivity contribution in [1.82, 2.24) is 9.80 Å². The van der Waals surface area contributed by atoms with E-state index in [2.05, 4.69) is 15.9 Å². The summed E-state index contributed by atoms with van der Waals surface area (Å²) in [5.74, 6) is 1.69. The normalized spacial score (nSPS) is 15.3. The molecule has 2 aromatic rings. The molecule has 3 rings (SSSR count). The Labute approximate surface area is 196 Å². The van der Waals surface area contributed by atoms with Gasteiger partial charge in [-0.3, -0.25) is 9.59 Å². The molecule has 2 aromatic carbocycles. The lowest BCUT2D eigenvalue weighted by Gasteiger charge is -2.19. The van der Waals surface area contributed by atoms with Gasteiger partial charge in [-0.2, -0.15) is 0 Å². The SMILES string of the molecule is COc1cc(Br)cc(OC)c1OCC(=O)N1CCC(Oc2cccc(C(=O)N(C)C)c2)C1. The first kappa shape index (κ1) is 23.7. The first-order valence-electron chi connectivity index (χ1n) is 10.1. The summed E-state index contributed by atoms with van der Waals surface area (Å²) < 4.78 is 23.2. The number of carbonyl (C=O) groups excluding carboxylic acids is 2. The predicted molar refractivity (Wildman–Crippen MR) is 123 cm³/mol. The molecule has 0 spiro atoms. The molecule has 1 aliphatic rings. The monoisotopic (exact) mass is 506 g/mol. The van der Waals surface area contributed by atoms with E-state index in [4.69, 9.17) is 18.9 Å².